The molecule has 0 bridgehead atoms. The number of nitrogens with zero attached hydrogens (tertiary/aromatic N) is 1. The number of rotatable bonds is 6. The van der Waals surface area contributed by atoms with Gasteiger partial charge in [-0.2, -0.15) is 0 Å². The number of benzene rings is 1. The van der Waals surface area contributed by atoms with Crippen LogP contribution in [0, 0.1) is 6.92 Å². The van der Waals surface area contributed by atoms with Gasteiger partial charge in [0.05, 0.1) is 12.2 Å². The van der Waals surface area contributed by atoms with Gasteiger partial charge in [-0.15, -0.1) is 0 Å². The summed E-state index contributed by atoms with van der Waals surface area (Å²) < 4.78 is 5.12. The second kappa shape index (κ2) is 5.48. The summed E-state index contributed by atoms with van der Waals surface area (Å²) in [5.74, 6) is -0.982. The van der Waals surface area contributed by atoms with Gasteiger partial charge in [0.15, 0.2) is 0 Å². The number of hydrogen-bond donors (Lipinski definition) is 2. The molecule has 0 unspecified atom stereocenters. The molecule has 0 aromatic heterocycles. The normalized spacial score (nSPS) is 14.4. The lowest BCUT2D eigenvalue weighted by Gasteiger charge is -2.25. The van der Waals surface area contributed by atoms with Crippen molar-refractivity contribution in [2.24, 2.45) is 0 Å². The van der Waals surface area contributed by atoms with Crippen LogP contribution >= 0.6 is 0 Å². The zero-order valence-corrected chi connectivity index (χ0v) is 11.3. The molecule has 0 aliphatic heterocycles. The highest BCUT2D eigenvalue weighted by atomic mass is 16.5. The fourth-order valence-electron chi connectivity index (χ4n) is 2.22. The van der Waals surface area contributed by atoms with Crippen LogP contribution in [0.4, 0.5) is 11.4 Å². The van der Waals surface area contributed by atoms with Crippen LogP contribution in [0.25, 0.3) is 0 Å². The number of carboxylic acids is 1. The minimum atomic E-state index is -0.982. The second-order valence-corrected chi connectivity index (χ2v) is 4.95. The van der Waals surface area contributed by atoms with E-state index in [-0.39, 0.29) is 5.56 Å². The highest BCUT2D eigenvalue weighted by molar-refractivity contribution is 5.95. The van der Waals surface area contributed by atoms with Crippen molar-refractivity contribution in [1.29, 1.82) is 0 Å². The van der Waals surface area contributed by atoms with E-state index in [1.54, 1.807) is 13.2 Å². The Labute approximate surface area is 113 Å². The fraction of sp³-hybridized carbons (Fsp3) is 0.500. The Hall–Kier alpha value is -1.75. The number of aromatic carboxylic acids is 1. The third-order valence-electron chi connectivity index (χ3n) is 3.46. The first-order valence-corrected chi connectivity index (χ1v) is 6.43. The summed E-state index contributed by atoms with van der Waals surface area (Å²) in [6.07, 6.45) is 2.30. The van der Waals surface area contributed by atoms with Gasteiger partial charge < -0.3 is 20.5 Å². The molecule has 0 spiro atoms. The van der Waals surface area contributed by atoms with E-state index in [2.05, 4.69) is 4.90 Å². The maximum Gasteiger partial charge on any atom is 0.337 e. The Balaban J connectivity index is 2.33. The summed E-state index contributed by atoms with van der Waals surface area (Å²) in [6.45, 7) is 3.23. The molecule has 2 rings (SSSR count). The maximum atomic E-state index is 11.2. The van der Waals surface area contributed by atoms with Crippen LogP contribution in [-0.4, -0.2) is 37.4 Å². The predicted molar refractivity (Wildman–Crippen MR) is 74.8 cm³/mol. The largest absolute Gasteiger partial charge is 0.478 e. The van der Waals surface area contributed by atoms with Crippen LogP contribution < -0.4 is 10.6 Å². The van der Waals surface area contributed by atoms with Gasteiger partial charge in [0, 0.05) is 31.1 Å². The number of nitrogen functional groups attached to an aromatic ring is 1. The van der Waals surface area contributed by atoms with Crippen molar-refractivity contribution in [1.82, 2.24) is 0 Å². The summed E-state index contributed by atoms with van der Waals surface area (Å²) >= 11 is 0. The zero-order valence-electron chi connectivity index (χ0n) is 11.3. The van der Waals surface area contributed by atoms with Crippen LogP contribution in [0.5, 0.6) is 0 Å². The van der Waals surface area contributed by atoms with E-state index >= 15 is 0 Å². The van der Waals surface area contributed by atoms with Gasteiger partial charge in [-0.3, -0.25) is 0 Å². The number of carbonyl (C=O) groups is 1. The Morgan fingerprint density at radius 3 is 2.74 bits per heavy atom. The number of aryl methyl sites for hydroxylation is 1. The van der Waals surface area contributed by atoms with E-state index in [0.717, 1.165) is 30.6 Å². The lowest BCUT2D eigenvalue weighted by Crippen LogP contribution is -2.29. The number of nitrogens with two attached hydrogens (primary N) is 1. The van der Waals surface area contributed by atoms with Gasteiger partial charge in [-0.05, 0) is 37.5 Å². The molecular weight excluding hydrogens is 244 g/mol. The predicted octanol–water partition coefficient (Wildman–Crippen LogP) is 1.89. The number of ether oxygens (including phenoxy) is 1. The standard InChI is InChI=1S/C14H20N2O3/c1-9-7-11(8-12(13(9)15)14(17)18)16(5-6-19-2)10-3-4-10/h7-8,10H,3-6,15H2,1-2H3,(H,17,18). The van der Waals surface area contributed by atoms with Gasteiger partial charge in [0.1, 0.15) is 0 Å². The summed E-state index contributed by atoms with van der Waals surface area (Å²) in [5, 5.41) is 9.20. The summed E-state index contributed by atoms with van der Waals surface area (Å²) in [5.41, 5.74) is 8.07. The first-order valence-electron chi connectivity index (χ1n) is 6.43. The van der Waals surface area contributed by atoms with Gasteiger partial charge in [-0.1, -0.05) is 0 Å². The van der Waals surface area contributed by atoms with Crippen LogP contribution in [-0.2, 0) is 4.74 Å². The fourth-order valence-corrected chi connectivity index (χ4v) is 2.22. The average molecular weight is 264 g/mol. The Morgan fingerprint density at radius 2 is 2.21 bits per heavy atom. The Morgan fingerprint density at radius 1 is 1.53 bits per heavy atom. The van der Waals surface area contributed by atoms with Crippen molar-refractivity contribution in [3.63, 3.8) is 0 Å². The number of hydrogen-bond acceptors (Lipinski definition) is 4. The molecule has 0 radical (unpaired) electrons. The molecule has 0 amide bonds. The highest BCUT2D eigenvalue weighted by Crippen LogP contribution is 2.34. The minimum absolute atomic E-state index is 0.179. The Bertz CT molecular complexity index is 484. The molecule has 0 atom stereocenters. The lowest BCUT2D eigenvalue weighted by molar-refractivity contribution is 0.0698. The molecule has 1 aliphatic rings. The van der Waals surface area contributed by atoms with E-state index in [9.17, 15) is 9.90 Å². The molecule has 1 aromatic rings. The maximum absolute atomic E-state index is 11.2. The van der Waals surface area contributed by atoms with E-state index in [1.165, 1.54) is 0 Å². The summed E-state index contributed by atoms with van der Waals surface area (Å²) in [4.78, 5) is 13.4. The van der Waals surface area contributed by atoms with Crippen LogP contribution in [0.3, 0.4) is 0 Å². The van der Waals surface area contributed by atoms with Crippen molar-refractivity contribution >= 4 is 17.3 Å². The number of carboxylic acid groups (broad SMARTS) is 1. The number of anilines is 2. The molecule has 104 valence electrons. The van der Waals surface area contributed by atoms with Crippen molar-refractivity contribution in [2.75, 3.05) is 30.9 Å². The van der Waals surface area contributed by atoms with Gasteiger partial charge in [0.25, 0.3) is 0 Å². The number of methoxy groups -OCH3 is 1. The van der Waals surface area contributed by atoms with E-state index in [1.807, 2.05) is 13.0 Å². The molecule has 19 heavy (non-hydrogen) atoms. The molecule has 1 aliphatic carbocycles. The van der Waals surface area contributed by atoms with Gasteiger partial charge in [-0.25, -0.2) is 4.79 Å². The molecule has 5 heteroatoms. The first kappa shape index (κ1) is 13.7. The SMILES string of the molecule is COCCN(c1cc(C)c(N)c(C(=O)O)c1)C1CC1. The molecule has 3 N–H and O–H groups in total. The molecule has 1 aromatic carbocycles. The molecular formula is C14H20N2O3. The van der Waals surface area contributed by atoms with Gasteiger partial charge in [0.2, 0.25) is 0 Å². The third-order valence-corrected chi connectivity index (χ3v) is 3.46. The van der Waals surface area contributed by atoms with E-state index in [0.29, 0.717) is 18.3 Å². The molecule has 5 nitrogen and oxygen atoms in total. The highest BCUT2D eigenvalue weighted by Gasteiger charge is 2.29. The van der Waals surface area contributed by atoms with Crippen LogP contribution in [0.15, 0.2) is 12.1 Å². The smallest absolute Gasteiger partial charge is 0.337 e. The van der Waals surface area contributed by atoms with Crippen molar-refractivity contribution in [3.8, 4) is 0 Å². The molecule has 0 heterocycles. The van der Waals surface area contributed by atoms with Crippen molar-refractivity contribution < 1.29 is 14.6 Å². The quantitative estimate of drug-likeness (QED) is 0.767. The van der Waals surface area contributed by atoms with Crippen molar-refractivity contribution in [2.45, 2.75) is 25.8 Å². The van der Waals surface area contributed by atoms with E-state index < -0.39 is 5.97 Å². The molecule has 0 saturated heterocycles. The average Bonchev–Trinajstić information content (AvgIpc) is 3.17. The monoisotopic (exact) mass is 264 g/mol. The minimum Gasteiger partial charge on any atom is -0.478 e. The Kier molecular flexibility index (Phi) is 3.95. The van der Waals surface area contributed by atoms with Gasteiger partial charge >= 0.3 is 5.97 Å². The van der Waals surface area contributed by atoms with Crippen molar-refractivity contribution in [3.05, 3.63) is 23.3 Å². The van der Waals surface area contributed by atoms with E-state index in [4.69, 9.17) is 10.5 Å². The molecule has 1 saturated carbocycles. The summed E-state index contributed by atoms with van der Waals surface area (Å²) in [7, 11) is 1.67. The summed E-state index contributed by atoms with van der Waals surface area (Å²) in [6, 6.07) is 4.12. The second-order valence-electron chi connectivity index (χ2n) is 4.95. The van der Waals surface area contributed by atoms with Crippen LogP contribution in [0.1, 0.15) is 28.8 Å². The lowest BCUT2D eigenvalue weighted by atomic mass is 10.1. The third kappa shape index (κ3) is 2.98. The zero-order chi connectivity index (χ0) is 14.0. The molecule has 1 fully saturated rings. The first-order chi connectivity index (χ1) is 9.04. The van der Waals surface area contributed by atoms with Crippen LogP contribution in [0.2, 0.25) is 0 Å². The topological polar surface area (TPSA) is 75.8 Å².